The lowest BCUT2D eigenvalue weighted by Gasteiger charge is -2.21. The van der Waals surface area contributed by atoms with Gasteiger partial charge in [0, 0.05) is 26.3 Å². The van der Waals surface area contributed by atoms with Crippen LogP contribution in [0.15, 0.2) is 36.4 Å². The average molecular weight is 461 g/mol. The third kappa shape index (κ3) is 6.58. The number of alkyl halides is 3. The highest BCUT2D eigenvalue weighted by molar-refractivity contribution is 7.92. The molecule has 11 heteroatoms. The Bertz CT molecular complexity index is 1070. The van der Waals surface area contributed by atoms with Gasteiger partial charge in [0.15, 0.2) is 0 Å². The Morgan fingerprint density at radius 3 is 2.29 bits per heavy atom. The molecule has 2 aromatic rings. The molecule has 170 valence electrons. The van der Waals surface area contributed by atoms with Gasteiger partial charge in [0.2, 0.25) is 15.9 Å². The highest BCUT2D eigenvalue weighted by Crippen LogP contribution is 2.33. The number of hydrogen-bond acceptors (Lipinski definition) is 4. The maximum Gasteiger partial charge on any atom is 0.416 e. The Balaban J connectivity index is 2.15. The summed E-state index contributed by atoms with van der Waals surface area (Å²) in [6, 6.07) is 6.95. The second kappa shape index (κ2) is 9.13. The Morgan fingerprint density at radius 2 is 1.77 bits per heavy atom. The van der Waals surface area contributed by atoms with Crippen molar-refractivity contribution in [2.75, 3.05) is 30.0 Å². The van der Waals surface area contributed by atoms with E-state index >= 15 is 0 Å². The number of rotatable bonds is 7. The molecule has 2 aromatic carbocycles. The second-order valence-electron chi connectivity index (χ2n) is 7.29. The van der Waals surface area contributed by atoms with Gasteiger partial charge in [-0.05, 0) is 42.3 Å². The van der Waals surface area contributed by atoms with Crippen molar-refractivity contribution in [2.45, 2.75) is 25.6 Å². The first-order valence-electron chi connectivity index (χ1n) is 9.11. The molecule has 6 nitrogen and oxygen atoms in total. The molecule has 2 N–H and O–H groups in total. The molecular weight excluding hydrogens is 438 g/mol. The summed E-state index contributed by atoms with van der Waals surface area (Å²) in [6.07, 6.45) is -3.59. The van der Waals surface area contributed by atoms with Gasteiger partial charge in [-0.2, -0.15) is 13.2 Å². The van der Waals surface area contributed by atoms with Crippen molar-refractivity contribution < 1.29 is 30.8 Å². The predicted octanol–water partition coefficient (Wildman–Crippen LogP) is 3.70. The Labute approximate surface area is 178 Å². The van der Waals surface area contributed by atoms with Gasteiger partial charge in [0.25, 0.3) is 0 Å². The minimum atomic E-state index is -4.48. The van der Waals surface area contributed by atoms with Crippen molar-refractivity contribution >= 4 is 27.3 Å². The van der Waals surface area contributed by atoms with Crippen molar-refractivity contribution in [2.24, 2.45) is 0 Å². The first-order valence-corrected chi connectivity index (χ1v) is 11.0. The molecule has 0 aromatic heterocycles. The van der Waals surface area contributed by atoms with Crippen LogP contribution in [0, 0.1) is 5.82 Å². The summed E-state index contributed by atoms with van der Waals surface area (Å²) in [5, 5.41) is 2.64. The summed E-state index contributed by atoms with van der Waals surface area (Å²) in [5.41, 5.74) is 0.0777. The zero-order valence-corrected chi connectivity index (χ0v) is 18.2. The van der Waals surface area contributed by atoms with Crippen molar-refractivity contribution in [1.82, 2.24) is 5.32 Å². The third-order valence-corrected chi connectivity index (χ3v) is 5.12. The fraction of sp³-hybridized carbons (Fsp3) is 0.350. The summed E-state index contributed by atoms with van der Waals surface area (Å²) in [6.45, 7) is 1.51. The highest BCUT2D eigenvalue weighted by Gasteiger charge is 2.31. The van der Waals surface area contributed by atoms with Crippen molar-refractivity contribution in [3.05, 3.63) is 58.9 Å². The molecule has 0 aliphatic carbocycles. The van der Waals surface area contributed by atoms with Gasteiger partial charge in [-0.1, -0.05) is 12.1 Å². The average Bonchev–Trinajstić information content (AvgIpc) is 2.65. The normalized spacial score (nSPS) is 12.9. The number of sulfonamides is 1. The van der Waals surface area contributed by atoms with Crippen LogP contribution in [0.2, 0.25) is 0 Å². The number of halogens is 4. The van der Waals surface area contributed by atoms with E-state index in [1.807, 2.05) is 4.72 Å². The fourth-order valence-electron chi connectivity index (χ4n) is 2.88. The van der Waals surface area contributed by atoms with Crippen molar-refractivity contribution in [3.8, 4) is 0 Å². The van der Waals surface area contributed by atoms with Gasteiger partial charge in [-0.3, -0.25) is 9.52 Å². The van der Waals surface area contributed by atoms with Gasteiger partial charge < -0.3 is 10.2 Å². The molecule has 0 radical (unpaired) electrons. The smallest absolute Gasteiger partial charge is 0.377 e. The SMILES string of the molecule is CC(C(=O)NCc1ccc(C(F)(F)F)cc1N(C)C)c1ccc(NS(C)(=O)=O)c(F)c1. The van der Waals surface area contributed by atoms with Crippen LogP contribution in [0.1, 0.15) is 29.5 Å². The molecular formula is C20H23F4N3O3S. The third-order valence-electron chi connectivity index (χ3n) is 4.53. The summed E-state index contributed by atoms with van der Waals surface area (Å²) >= 11 is 0. The Kier molecular flexibility index (Phi) is 7.20. The van der Waals surface area contributed by atoms with Crippen molar-refractivity contribution in [1.29, 1.82) is 0 Å². The monoisotopic (exact) mass is 461 g/mol. The molecule has 1 atom stereocenters. The number of anilines is 2. The van der Waals surface area contributed by atoms with Crippen LogP contribution in [0.5, 0.6) is 0 Å². The number of nitrogens with one attached hydrogen (secondary N) is 2. The molecule has 0 bridgehead atoms. The zero-order valence-electron chi connectivity index (χ0n) is 17.3. The molecule has 1 unspecified atom stereocenters. The summed E-state index contributed by atoms with van der Waals surface area (Å²) in [7, 11) is -0.465. The second-order valence-corrected chi connectivity index (χ2v) is 9.04. The largest absolute Gasteiger partial charge is 0.416 e. The van der Waals surface area contributed by atoms with E-state index in [0.717, 1.165) is 24.5 Å². The zero-order chi connectivity index (χ0) is 23.6. The minimum absolute atomic E-state index is 0.0228. The molecule has 0 heterocycles. The van der Waals surface area contributed by atoms with Crippen LogP contribution >= 0.6 is 0 Å². The fourth-order valence-corrected chi connectivity index (χ4v) is 3.44. The first kappa shape index (κ1) is 24.4. The molecule has 0 saturated heterocycles. The van der Waals surface area contributed by atoms with E-state index < -0.39 is 39.4 Å². The lowest BCUT2D eigenvalue weighted by molar-refractivity contribution is -0.137. The molecule has 0 aliphatic heterocycles. The molecule has 0 fully saturated rings. The summed E-state index contributed by atoms with van der Waals surface area (Å²) in [5.74, 6) is -2.08. The summed E-state index contributed by atoms with van der Waals surface area (Å²) in [4.78, 5) is 14.0. The van der Waals surface area contributed by atoms with Crippen LogP contribution in [0.25, 0.3) is 0 Å². The van der Waals surface area contributed by atoms with Crippen LogP contribution in [0.4, 0.5) is 28.9 Å². The molecule has 31 heavy (non-hydrogen) atoms. The van der Waals surface area contributed by atoms with E-state index in [2.05, 4.69) is 5.32 Å². The van der Waals surface area contributed by atoms with E-state index in [9.17, 15) is 30.8 Å². The molecule has 0 aliphatic rings. The van der Waals surface area contributed by atoms with Gasteiger partial charge >= 0.3 is 6.18 Å². The number of carbonyl (C=O) groups is 1. The van der Waals surface area contributed by atoms with Crippen molar-refractivity contribution in [3.63, 3.8) is 0 Å². The van der Waals surface area contributed by atoms with Crippen LogP contribution in [0.3, 0.4) is 0 Å². The number of carbonyl (C=O) groups excluding carboxylic acids is 1. The van der Waals surface area contributed by atoms with Gasteiger partial charge in [-0.25, -0.2) is 12.8 Å². The molecule has 1 amide bonds. The molecule has 0 spiro atoms. The van der Waals surface area contributed by atoms with E-state index in [0.29, 0.717) is 16.8 Å². The van der Waals surface area contributed by atoms with E-state index in [1.165, 1.54) is 30.0 Å². The lowest BCUT2D eigenvalue weighted by Crippen LogP contribution is -2.28. The number of benzene rings is 2. The lowest BCUT2D eigenvalue weighted by atomic mass is 9.99. The summed E-state index contributed by atoms with van der Waals surface area (Å²) < 4.78 is 77.6. The predicted molar refractivity (Wildman–Crippen MR) is 111 cm³/mol. The van der Waals surface area contributed by atoms with Crippen LogP contribution in [-0.4, -0.2) is 34.7 Å². The topological polar surface area (TPSA) is 78.5 Å². The Hall–Kier alpha value is -2.82. The minimum Gasteiger partial charge on any atom is -0.377 e. The highest BCUT2D eigenvalue weighted by atomic mass is 32.2. The number of nitrogens with zero attached hydrogens (tertiary/aromatic N) is 1. The first-order chi connectivity index (χ1) is 14.2. The van der Waals surface area contributed by atoms with Crippen LogP contribution in [-0.2, 0) is 27.5 Å². The van der Waals surface area contributed by atoms with E-state index in [4.69, 9.17) is 0 Å². The van der Waals surface area contributed by atoms with Crippen LogP contribution < -0.4 is 14.9 Å². The standard InChI is InChI=1S/C20H23F4N3O3S/c1-12(13-6-8-17(16(21)9-13)26-31(4,29)30)19(28)25-11-14-5-7-15(20(22,23)24)10-18(14)27(2)3/h5-10,12,26H,11H2,1-4H3,(H,25,28). The molecule has 2 rings (SSSR count). The number of amides is 1. The van der Waals surface area contributed by atoms with E-state index in [-0.39, 0.29) is 12.2 Å². The quantitative estimate of drug-likeness (QED) is 0.617. The maximum atomic E-state index is 14.2. The molecule has 0 saturated carbocycles. The van der Waals surface area contributed by atoms with Gasteiger partial charge in [-0.15, -0.1) is 0 Å². The number of hydrogen-bond donors (Lipinski definition) is 2. The van der Waals surface area contributed by atoms with Gasteiger partial charge in [0.05, 0.1) is 23.4 Å². The van der Waals surface area contributed by atoms with Gasteiger partial charge in [0.1, 0.15) is 5.82 Å². The van der Waals surface area contributed by atoms with E-state index in [1.54, 1.807) is 14.1 Å². The maximum absolute atomic E-state index is 14.2. The Morgan fingerprint density at radius 1 is 1.13 bits per heavy atom.